The first-order chi connectivity index (χ1) is 21.1. The van der Waals surface area contributed by atoms with E-state index < -0.39 is 12.0 Å². The number of nitrogens with zero attached hydrogens (tertiary/aromatic N) is 6. The van der Waals surface area contributed by atoms with Gasteiger partial charge in [-0.3, -0.25) is 14.5 Å². The zero-order valence-electron chi connectivity index (χ0n) is 24.9. The van der Waals surface area contributed by atoms with Gasteiger partial charge in [0, 0.05) is 41.7 Å². The molecule has 1 aromatic heterocycles. The van der Waals surface area contributed by atoms with E-state index in [2.05, 4.69) is 34.3 Å². The number of likely N-dealkylation sites (tertiary alicyclic amines) is 2. The van der Waals surface area contributed by atoms with Crippen LogP contribution in [0.4, 0.5) is 0 Å². The van der Waals surface area contributed by atoms with Gasteiger partial charge in [-0.15, -0.1) is 5.10 Å². The van der Waals surface area contributed by atoms with Crippen molar-refractivity contribution in [3.8, 4) is 5.69 Å². The van der Waals surface area contributed by atoms with Crippen LogP contribution in [-0.4, -0.2) is 90.5 Å². The van der Waals surface area contributed by atoms with Crippen LogP contribution >= 0.6 is 11.6 Å². The topological polar surface area (TPSA) is 148 Å². The van der Waals surface area contributed by atoms with Crippen LogP contribution < -0.4 is 5.73 Å². The molecule has 2 fully saturated rings. The molecule has 3 aromatic rings. The number of piperidine rings is 2. The van der Waals surface area contributed by atoms with Crippen LogP contribution in [0.3, 0.4) is 0 Å². The van der Waals surface area contributed by atoms with Gasteiger partial charge in [-0.1, -0.05) is 37.6 Å². The summed E-state index contributed by atoms with van der Waals surface area (Å²) in [6, 6.07) is 11.2. The number of carbonyl (C=O) groups is 3. The van der Waals surface area contributed by atoms with Crippen molar-refractivity contribution in [2.24, 2.45) is 17.6 Å². The van der Waals surface area contributed by atoms with Crippen LogP contribution in [0.2, 0.25) is 5.02 Å². The zero-order chi connectivity index (χ0) is 31.4. The van der Waals surface area contributed by atoms with E-state index in [9.17, 15) is 19.5 Å². The average molecular weight is 620 g/mol. The third-order valence-corrected chi connectivity index (χ3v) is 9.06. The van der Waals surface area contributed by atoms with Crippen LogP contribution in [0.15, 0.2) is 54.9 Å². The molecule has 3 unspecified atom stereocenters. The molecule has 2 saturated heterocycles. The Morgan fingerprint density at radius 1 is 1.11 bits per heavy atom. The Bertz CT molecular complexity index is 1500. The molecule has 232 valence electrons. The number of carboxylic acids is 1. The summed E-state index contributed by atoms with van der Waals surface area (Å²) in [6.45, 7) is 6.35. The van der Waals surface area contributed by atoms with Crippen molar-refractivity contribution in [3.05, 3.63) is 76.6 Å². The quantitative estimate of drug-likeness (QED) is 0.343. The predicted molar refractivity (Wildman–Crippen MR) is 166 cm³/mol. The van der Waals surface area contributed by atoms with Gasteiger partial charge in [0.05, 0.1) is 17.3 Å². The minimum Gasteiger partial charge on any atom is -0.478 e. The molecular weight excluding hydrogens is 582 g/mol. The van der Waals surface area contributed by atoms with Gasteiger partial charge >= 0.3 is 5.97 Å². The Morgan fingerprint density at radius 3 is 2.48 bits per heavy atom. The van der Waals surface area contributed by atoms with E-state index in [0.717, 1.165) is 32.4 Å². The molecule has 0 saturated carbocycles. The number of carboxylic acid groups (broad SMARTS) is 1. The number of halogens is 1. The smallest absolute Gasteiger partial charge is 0.335 e. The normalized spacial score (nSPS) is 21.7. The number of hydrogen-bond donors (Lipinski definition) is 2. The number of benzene rings is 2. The fourth-order valence-corrected chi connectivity index (χ4v) is 6.56. The molecular formula is C32H38ClN7O4. The van der Waals surface area contributed by atoms with E-state index in [-0.39, 0.29) is 47.6 Å². The number of ketones is 1. The van der Waals surface area contributed by atoms with Gasteiger partial charge in [-0.2, -0.15) is 4.68 Å². The van der Waals surface area contributed by atoms with E-state index in [1.54, 1.807) is 41.3 Å². The molecule has 0 spiro atoms. The Kier molecular flexibility index (Phi) is 9.87. The lowest BCUT2D eigenvalue weighted by atomic mass is 9.75. The minimum atomic E-state index is -1.02. The van der Waals surface area contributed by atoms with Crippen molar-refractivity contribution in [1.82, 2.24) is 30.0 Å². The number of Topliss-reactive ketones (excluding diaryl/α,β-unsaturated/α-hetero) is 1. The number of rotatable bonds is 9. The van der Waals surface area contributed by atoms with Gasteiger partial charge in [0.2, 0.25) is 5.91 Å². The lowest BCUT2D eigenvalue weighted by molar-refractivity contribution is -0.143. The average Bonchev–Trinajstić information content (AvgIpc) is 3.55. The van der Waals surface area contributed by atoms with Gasteiger partial charge in [0.1, 0.15) is 6.33 Å². The molecule has 2 aliphatic rings. The maximum atomic E-state index is 14.1. The molecule has 5 rings (SSSR count). The molecule has 1 amide bonds. The lowest BCUT2D eigenvalue weighted by Crippen LogP contribution is -2.62. The fourth-order valence-electron chi connectivity index (χ4n) is 6.38. The number of carbonyl (C=O) groups excluding carboxylic acids is 2. The second-order valence-corrected chi connectivity index (χ2v) is 12.5. The Balaban J connectivity index is 1.46. The highest BCUT2D eigenvalue weighted by Crippen LogP contribution is 2.35. The third-order valence-electron chi connectivity index (χ3n) is 8.82. The van der Waals surface area contributed by atoms with Crippen molar-refractivity contribution in [2.45, 2.75) is 57.7 Å². The summed E-state index contributed by atoms with van der Waals surface area (Å²) in [6.07, 6.45) is 7.35. The van der Waals surface area contributed by atoms with Gasteiger partial charge in [-0.05, 0) is 96.6 Å². The second kappa shape index (κ2) is 13.8. The minimum absolute atomic E-state index is 0.0598. The monoisotopic (exact) mass is 619 g/mol. The molecule has 0 aliphatic carbocycles. The molecule has 2 aromatic carbocycles. The van der Waals surface area contributed by atoms with Crippen molar-refractivity contribution in [1.29, 1.82) is 0 Å². The van der Waals surface area contributed by atoms with E-state index in [1.165, 1.54) is 29.2 Å². The zero-order valence-corrected chi connectivity index (χ0v) is 25.7. The van der Waals surface area contributed by atoms with Crippen LogP contribution in [0.25, 0.3) is 11.8 Å². The van der Waals surface area contributed by atoms with E-state index in [4.69, 9.17) is 17.3 Å². The van der Waals surface area contributed by atoms with Crippen molar-refractivity contribution in [3.63, 3.8) is 0 Å². The van der Waals surface area contributed by atoms with Crippen LogP contribution in [-0.2, 0) is 16.0 Å². The van der Waals surface area contributed by atoms with Gasteiger partial charge in [0.25, 0.3) is 0 Å². The van der Waals surface area contributed by atoms with Crippen LogP contribution in [0.5, 0.6) is 0 Å². The second-order valence-electron chi connectivity index (χ2n) is 12.0. The van der Waals surface area contributed by atoms with E-state index in [1.807, 2.05) is 0 Å². The summed E-state index contributed by atoms with van der Waals surface area (Å²) in [5.41, 5.74) is 8.37. The lowest BCUT2D eigenvalue weighted by Gasteiger charge is -2.49. The van der Waals surface area contributed by atoms with Crippen LogP contribution in [0, 0.1) is 11.8 Å². The first-order valence-electron chi connectivity index (χ1n) is 15.0. The molecule has 3 heterocycles. The molecule has 3 N–H and O–H groups in total. The number of tetrazole rings is 1. The highest BCUT2D eigenvalue weighted by Gasteiger charge is 2.44. The summed E-state index contributed by atoms with van der Waals surface area (Å²) in [5.74, 6) is -1.27. The first kappa shape index (κ1) is 31.5. The highest BCUT2D eigenvalue weighted by molar-refractivity contribution is 6.30. The van der Waals surface area contributed by atoms with Gasteiger partial charge in [-0.25, -0.2) is 4.79 Å². The Labute approximate surface area is 261 Å². The molecule has 44 heavy (non-hydrogen) atoms. The maximum absolute atomic E-state index is 14.1. The molecule has 3 atom stereocenters. The molecule has 0 radical (unpaired) electrons. The summed E-state index contributed by atoms with van der Waals surface area (Å²) >= 11 is 6.30. The van der Waals surface area contributed by atoms with Crippen LogP contribution in [0.1, 0.15) is 54.6 Å². The van der Waals surface area contributed by atoms with Gasteiger partial charge < -0.3 is 15.7 Å². The standard InChI is InChI=1S/C32H38ClN7O4/c1-20(2)27-17-26(38-13-11-25(34)12-14-38)18-39(31(27)29(41)15-21-3-5-22(6-4-21)32(43)44)30(42)10-7-23-16-24(33)8-9-28(23)40-19-35-36-37-40/h3-10,16,19-20,25-27,31H,11-15,17-18,34H2,1-2H3,(H,43,44)/b10-7+. The van der Waals surface area contributed by atoms with E-state index in [0.29, 0.717) is 28.4 Å². The summed E-state index contributed by atoms with van der Waals surface area (Å²) in [4.78, 5) is 43.6. The number of hydrogen-bond acceptors (Lipinski definition) is 8. The number of aromatic carboxylic acids is 1. The molecule has 2 aliphatic heterocycles. The van der Waals surface area contributed by atoms with Crippen molar-refractivity contribution in [2.75, 3.05) is 19.6 Å². The number of aromatic nitrogens is 4. The Morgan fingerprint density at radius 2 is 1.84 bits per heavy atom. The number of nitrogens with two attached hydrogens (primary N) is 1. The summed E-state index contributed by atoms with van der Waals surface area (Å²) in [5, 5.41) is 21.2. The SMILES string of the molecule is CC(C)C1CC(N2CCC(N)CC2)CN(C(=O)/C=C/c2cc(Cl)ccc2-n2cnnn2)C1C(=O)Cc1ccc(C(=O)O)cc1. The largest absolute Gasteiger partial charge is 0.478 e. The number of amides is 1. The predicted octanol–water partition coefficient (Wildman–Crippen LogP) is 3.50. The maximum Gasteiger partial charge on any atom is 0.335 e. The highest BCUT2D eigenvalue weighted by atomic mass is 35.5. The fraction of sp³-hybridized carbons (Fsp3) is 0.438. The first-order valence-corrected chi connectivity index (χ1v) is 15.3. The molecule has 11 nitrogen and oxygen atoms in total. The summed E-state index contributed by atoms with van der Waals surface area (Å²) in [7, 11) is 0. The molecule has 12 heteroatoms. The Hall–Kier alpha value is -3.93. The molecule has 0 bridgehead atoms. The van der Waals surface area contributed by atoms with Gasteiger partial charge in [0.15, 0.2) is 5.78 Å². The van der Waals surface area contributed by atoms with Crippen molar-refractivity contribution >= 4 is 35.3 Å². The summed E-state index contributed by atoms with van der Waals surface area (Å²) < 4.78 is 1.50. The third kappa shape index (κ3) is 7.23. The van der Waals surface area contributed by atoms with E-state index >= 15 is 0 Å². The van der Waals surface area contributed by atoms with Crippen molar-refractivity contribution < 1.29 is 19.5 Å².